The highest BCUT2D eigenvalue weighted by atomic mass is 32.2. The van der Waals surface area contributed by atoms with Gasteiger partial charge in [-0.1, -0.05) is 17.9 Å². The minimum absolute atomic E-state index is 0.0162. The minimum Gasteiger partial charge on any atom is -0.403 e. The van der Waals surface area contributed by atoms with E-state index in [1.807, 2.05) is 16.8 Å². The molecular formula is C19H20N4O4S2. The molecule has 0 radical (unpaired) electrons. The number of amides is 1. The molecule has 1 N–H and O–H groups in total. The van der Waals surface area contributed by atoms with Crippen LogP contribution in [-0.4, -0.2) is 41.9 Å². The number of thiophene rings is 1. The number of carbonyl (C=O) groups excluding carboxylic acids is 1. The van der Waals surface area contributed by atoms with Gasteiger partial charge in [-0.2, -0.15) is 15.6 Å². The Balaban J connectivity index is 1.45. The topological polar surface area (TPSA) is 105 Å². The van der Waals surface area contributed by atoms with E-state index in [9.17, 15) is 13.2 Å². The number of anilines is 1. The molecule has 1 aliphatic heterocycles. The second-order valence-corrected chi connectivity index (χ2v) is 9.44. The number of sulfonamides is 1. The summed E-state index contributed by atoms with van der Waals surface area (Å²) in [6.07, 6.45) is 3.85. The molecule has 0 spiro atoms. The Labute approximate surface area is 172 Å². The minimum atomic E-state index is -3.55. The Morgan fingerprint density at radius 1 is 1.03 bits per heavy atom. The number of hydrogen-bond acceptors (Lipinski definition) is 7. The van der Waals surface area contributed by atoms with Gasteiger partial charge in [-0.25, -0.2) is 8.42 Å². The first-order valence-corrected chi connectivity index (χ1v) is 11.7. The Morgan fingerprint density at radius 2 is 1.76 bits per heavy atom. The fraction of sp³-hybridized carbons (Fsp3) is 0.316. The maximum absolute atomic E-state index is 12.8. The van der Waals surface area contributed by atoms with Crippen LogP contribution in [0.3, 0.4) is 0 Å². The smallest absolute Gasteiger partial charge is 0.322 e. The van der Waals surface area contributed by atoms with Gasteiger partial charge in [-0.05, 0) is 48.6 Å². The average molecular weight is 433 g/mol. The van der Waals surface area contributed by atoms with Gasteiger partial charge in [0.25, 0.3) is 11.8 Å². The third-order valence-electron chi connectivity index (χ3n) is 4.73. The molecule has 0 unspecified atom stereocenters. The molecule has 1 aliphatic rings. The second kappa shape index (κ2) is 8.44. The van der Waals surface area contributed by atoms with Gasteiger partial charge in [0.2, 0.25) is 10.0 Å². The normalized spacial score (nSPS) is 15.7. The van der Waals surface area contributed by atoms with Crippen LogP contribution in [0.1, 0.15) is 36.0 Å². The van der Waals surface area contributed by atoms with Crippen LogP contribution in [0.15, 0.2) is 50.4 Å². The zero-order valence-electron chi connectivity index (χ0n) is 15.6. The van der Waals surface area contributed by atoms with E-state index < -0.39 is 15.9 Å². The lowest BCUT2D eigenvalue weighted by Crippen LogP contribution is -2.31. The van der Waals surface area contributed by atoms with Crippen LogP contribution in [0.2, 0.25) is 0 Å². The Hall–Kier alpha value is -2.56. The molecule has 3 heterocycles. The lowest BCUT2D eigenvalue weighted by molar-refractivity contribution is 0.102. The molecule has 1 aromatic carbocycles. The predicted molar refractivity (Wildman–Crippen MR) is 109 cm³/mol. The van der Waals surface area contributed by atoms with E-state index in [1.54, 1.807) is 0 Å². The van der Waals surface area contributed by atoms with Gasteiger partial charge in [0, 0.05) is 29.6 Å². The summed E-state index contributed by atoms with van der Waals surface area (Å²) >= 11 is 1.50. The predicted octanol–water partition coefficient (Wildman–Crippen LogP) is 3.62. The number of nitrogens with one attached hydrogen (secondary N) is 1. The molecule has 1 fully saturated rings. The molecule has 152 valence electrons. The van der Waals surface area contributed by atoms with Crippen molar-refractivity contribution in [2.45, 2.75) is 30.6 Å². The molecule has 0 atom stereocenters. The van der Waals surface area contributed by atoms with Gasteiger partial charge < -0.3 is 4.42 Å². The van der Waals surface area contributed by atoms with Crippen molar-refractivity contribution >= 4 is 33.3 Å². The molecule has 0 saturated carbocycles. The fourth-order valence-corrected chi connectivity index (χ4v) is 5.30. The third-order valence-corrected chi connectivity index (χ3v) is 7.33. The lowest BCUT2D eigenvalue weighted by atomic mass is 10.2. The quantitative estimate of drug-likeness (QED) is 0.660. The summed E-state index contributed by atoms with van der Waals surface area (Å²) in [5.41, 5.74) is 1.08. The largest absolute Gasteiger partial charge is 0.403 e. The van der Waals surface area contributed by atoms with Crippen molar-refractivity contribution in [3.8, 4) is 11.5 Å². The van der Waals surface area contributed by atoms with Crippen LogP contribution in [0.5, 0.6) is 0 Å². The zero-order valence-corrected chi connectivity index (χ0v) is 17.2. The highest BCUT2D eigenvalue weighted by molar-refractivity contribution is 7.89. The molecule has 29 heavy (non-hydrogen) atoms. The summed E-state index contributed by atoms with van der Waals surface area (Å²) in [4.78, 5) is 12.6. The van der Waals surface area contributed by atoms with Crippen LogP contribution in [-0.2, 0) is 10.0 Å². The molecule has 2 aromatic heterocycles. The standard InChI is InChI=1S/C19H20N4O4S2/c24-17(20-19-22-21-18(27-19)15-9-12-28-13-15)14-5-7-16(8-6-14)29(25,26)23-10-3-1-2-4-11-23/h5-9,12-13H,1-4,10-11H2,(H,20,22,24). The molecule has 10 heteroatoms. The van der Waals surface area contributed by atoms with Gasteiger partial charge in [0.1, 0.15) is 0 Å². The van der Waals surface area contributed by atoms with Gasteiger partial charge >= 0.3 is 6.01 Å². The summed E-state index contributed by atoms with van der Waals surface area (Å²) in [7, 11) is -3.55. The summed E-state index contributed by atoms with van der Waals surface area (Å²) in [6.45, 7) is 1.07. The van der Waals surface area contributed by atoms with Gasteiger partial charge in [0.15, 0.2) is 0 Å². The number of benzene rings is 1. The maximum atomic E-state index is 12.8. The number of rotatable bonds is 5. The number of aromatic nitrogens is 2. The lowest BCUT2D eigenvalue weighted by Gasteiger charge is -2.19. The van der Waals surface area contributed by atoms with Crippen molar-refractivity contribution in [2.24, 2.45) is 0 Å². The van der Waals surface area contributed by atoms with E-state index >= 15 is 0 Å². The third kappa shape index (κ3) is 4.39. The molecule has 1 saturated heterocycles. The molecule has 1 amide bonds. The summed E-state index contributed by atoms with van der Waals surface area (Å²) < 4.78 is 32.6. The van der Waals surface area contributed by atoms with Crippen molar-refractivity contribution in [1.29, 1.82) is 0 Å². The molecule has 8 nitrogen and oxygen atoms in total. The van der Waals surface area contributed by atoms with E-state index in [0.29, 0.717) is 24.5 Å². The first kappa shape index (κ1) is 19.7. The van der Waals surface area contributed by atoms with E-state index in [1.165, 1.54) is 39.9 Å². The van der Waals surface area contributed by atoms with Gasteiger partial charge in [-0.15, -0.1) is 5.10 Å². The van der Waals surface area contributed by atoms with E-state index in [0.717, 1.165) is 31.2 Å². The Kier molecular flexibility index (Phi) is 5.74. The molecule has 0 bridgehead atoms. The summed E-state index contributed by atoms with van der Waals surface area (Å²) in [5, 5.41) is 14.0. The van der Waals surface area contributed by atoms with Crippen LogP contribution < -0.4 is 5.32 Å². The molecule has 3 aromatic rings. The molecule has 4 rings (SSSR count). The molecular weight excluding hydrogens is 412 g/mol. The molecule has 0 aliphatic carbocycles. The first-order chi connectivity index (χ1) is 14.0. The van der Waals surface area contributed by atoms with E-state index in [4.69, 9.17) is 4.42 Å². The van der Waals surface area contributed by atoms with Crippen LogP contribution >= 0.6 is 11.3 Å². The highest BCUT2D eigenvalue weighted by Gasteiger charge is 2.25. The van der Waals surface area contributed by atoms with E-state index in [-0.39, 0.29) is 10.9 Å². The fourth-order valence-electron chi connectivity index (χ4n) is 3.16. The Bertz CT molecular complexity index is 1070. The zero-order chi connectivity index (χ0) is 20.3. The Morgan fingerprint density at radius 3 is 2.41 bits per heavy atom. The van der Waals surface area contributed by atoms with Crippen molar-refractivity contribution in [2.75, 3.05) is 18.4 Å². The van der Waals surface area contributed by atoms with Crippen molar-refractivity contribution in [3.63, 3.8) is 0 Å². The van der Waals surface area contributed by atoms with Crippen molar-refractivity contribution in [1.82, 2.24) is 14.5 Å². The summed E-state index contributed by atoms with van der Waals surface area (Å²) in [6, 6.07) is 7.71. The maximum Gasteiger partial charge on any atom is 0.322 e. The second-order valence-electron chi connectivity index (χ2n) is 6.72. The monoisotopic (exact) mass is 432 g/mol. The van der Waals surface area contributed by atoms with E-state index in [2.05, 4.69) is 15.5 Å². The summed E-state index contributed by atoms with van der Waals surface area (Å²) in [5.74, 6) is -0.135. The number of hydrogen-bond donors (Lipinski definition) is 1. The average Bonchev–Trinajstić information content (AvgIpc) is 3.34. The van der Waals surface area contributed by atoms with Gasteiger partial charge in [0.05, 0.1) is 4.90 Å². The van der Waals surface area contributed by atoms with Crippen LogP contribution in [0, 0.1) is 0 Å². The van der Waals surface area contributed by atoms with Crippen molar-refractivity contribution < 1.29 is 17.6 Å². The van der Waals surface area contributed by atoms with Crippen molar-refractivity contribution in [3.05, 3.63) is 46.7 Å². The van der Waals surface area contributed by atoms with Crippen LogP contribution in [0.25, 0.3) is 11.5 Å². The van der Waals surface area contributed by atoms with Gasteiger partial charge in [-0.3, -0.25) is 10.1 Å². The SMILES string of the molecule is O=C(Nc1nnc(-c2ccsc2)o1)c1ccc(S(=O)(=O)N2CCCCCC2)cc1. The first-order valence-electron chi connectivity index (χ1n) is 9.32. The number of carbonyl (C=O) groups is 1. The number of nitrogens with zero attached hydrogens (tertiary/aromatic N) is 3. The van der Waals surface area contributed by atoms with Crippen LogP contribution in [0.4, 0.5) is 6.01 Å². The highest BCUT2D eigenvalue weighted by Crippen LogP contribution is 2.23.